The van der Waals surface area contributed by atoms with E-state index in [0.29, 0.717) is 22.1 Å². The largest absolute Gasteiger partial charge is 0.489 e. The second-order valence-electron chi connectivity index (χ2n) is 10.0. The number of pyridine rings is 2. The van der Waals surface area contributed by atoms with Gasteiger partial charge in [0.15, 0.2) is 0 Å². The second kappa shape index (κ2) is 10.8. The van der Waals surface area contributed by atoms with E-state index >= 15 is 0 Å². The number of thioether (sulfide) groups is 1. The van der Waals surface area contributed by atoms with E-state index < -0.39 is 5.60 Å². The highest BCUT2D eigenvalue weighted by Crippen LogP contribution is 2.33. The van der Waals surface area contributed by atoms with E-state index in [0.717, 1.165) is 48.6 Å². The molecule has 8 heteroatoms. The van der Waals surface area contributed by atoms with E-state index in [9.17, 15) is 10.4 Å². The van der Waals surface area contributed by atoms with E-state index in [-0.39, 0.29) is 6.61 Å². The summed E-state index contributed by atoms with van der Waals surface area (Å²) >= 11 is 2.05. The number of anilines is 1. The van der Waals surface area contributed by atoms with E-state index in [4.69, 9.17) is 9.72 Å². The standard InChI is InChI=1S/C29H31N5O2S/c1-29(2,35)20-36-24-14-26(28-23(15-30)17-32-34(28)18-24)22-8-9-27(31-16-22)33-12-10-25(11-13-33)37-19-21-6-4-3-5-7-21/h3-9,14,16-18,25,35H,10-13,19-20H2,1-2H3. The molecule has 0 saturated carbocycles. The van der Waals surface area contributed by atoms with Crippen molar-refractivity contribution in [3.63, 3.8) is 0 Å². The van der Waals surface area contributed by atoms with Crippen molar-refractivity contribution >= 4 is 23.1 Å². The minimum absolute atomic E-state index is 0.140. The molecule has 4 aromatic rings. The van der Waals surface area contributed by atoms with Crippen molar-refractivity contribution in [3.05, 3.63) is 78.2 Å². The SMILES string of the molecule is CC(C)(O)COc1cc(-c2ccc(N3CCC(SCc4ccccc4)CC3)nc2)c2c(C#N)cnn2c1. The maximum atomic E-state index is 10.1. The van der Waals surface area contributed by atoms with Crippen LogP contribution >= 0.6 is 11.8 Å². The van der Waals surface area contributed by atoms with Crippen molar-refractivity contribution < 1.29 is 9.84 Å². The Morgan fingerprint density at radius 3 is 2.59 bits per heavy atom. The van der Waals surface area contributed by atoms with Crippen LogP contribution in [0.5, 0.6) is 5.75 Å². The van der Waals surface area contributed by atoms with Gasteiger partial charge in [0.05, 0.1) is 29.1 Å². The maximum Gasteiger partial charge on any atom is 0.138 e. The maximum absolute atomic E-state index is 10.1. The molecule has 190 valence electrons. The lowest BCUT2D eigenvalue weighted by Crippen LogP contribution is -2.35. The zero-order chi connectivity index (χ0) is 25.8. The van der Waals surface area contributed by atoms with Crippen LogP contribution in [0.2, 0.25) is 0 Å². The van der Waals surface area contributed by atoms with Gasteiger partial charge in [-0.25, -0.2) is 9.50 Å². The van der Waals surface area contributed by atoms with Crippen LogP contribution in [0.3, 0.4) is 0 Å². The molecule has 7 nitrogen and oxygen atoms in total. The van der Waals surface area contributed by atoms with Crippen LogP contribution in [0.4, 0.5) is 5.82 Å². The molecule has 1 aliphatic rings. The molecule has 0 atom stereocenters. The molecule has 1 aliphatic heterocycles. The molecule has 37 heavy (non-hydrogen) atoms. The van der Waals surface area contributed by atoms with Gasteiger partial charge in [0.1, 0.15) is 24.2 Å². The van der Waals surface area contributed by atoms with Crippen molar-refractivity contribution in [2.24, 2.45) is 0 Å². The summed E-state index contributed by atoms with van der Waals surface area (Å²) in [6, 6.07) is 18.9. The molecule has 0 spiro atoms. The molecule has 0 unspecified atom stereocenters. The van der Waals surface area contributed by atoms with Gasteiger partial charge in [-0.2, -0.15) is 22.1 Å². The number of piperidine rings is 1. The van der Waals surface area contributed by atoms with Crippen LogP contribution in [-0.4, -0.2) is 50.3 Å². The van der Waals surface area contributed by atoms with Crippen LogP contribution in [0.25, 0.3) is 16.6 Å². The fourth-order valence-corrected chi connectivity index (χ4v) is 5.67. The Labute approximate surface area is 221 Å². The highest BCUT2D eigenvalue weighted by Gasteiger charge is 2.21. The summed E-state index contributed by atoms with van der Waals surface area (Å²) in [7, 11) is 0. The number of rotatable bonds is 8. The monoisotopic (exact) mass is 513 g/mol. The van der Waals surface area contributed by atoms with Crippen molar-refractivity contribution in [3.8, 4) is 22.9 Å². The topological polar surface area (TPSA) is 86.7 Å². The summed E-state index contributed by atoms with van der Waals surface area (Å²) in [6.07, 6.45) is 7.43. The highest BCUT2D eigenvalue weighted by atomic mass is 32.2. The first-order chi connectivity index (χ1) is 17.9. The molecule has 3 aromatic heterocycles. The Morgan fingerprint density at radius 2 is 1.92 bits per heavy atom. The first-order valence-corrected chi connectivity index (χ1v) is 13.6. The van der Waals surface area contributed by atoms with Gasteiger partial charge < -0.3 is 14.7 Å². The van der Waals surface area contributed by atoms with Crippen LogP contribution in [0, 0.1) is 11.3 Å². The molecular weight excluding hydrogens is 482 g/mol. The van der Waals surface area contributed by atoms with Gasteiger partial charge in [-0.05, 0) is 50.5 Å². The van der Waals surface area contributed by atoms with Gasteiger partial charge in [-0.1, -0.05) is 30.3 Å². The van der Waals surface area contributed by atoms with E-state index in [1.54, 1.807) is 30.8 Å². The number of hydrogen-bond acceptors (Lipinski definition) is 7. The fourth-order valence-electron chi connectivity index (χ4n) is 4.51. The average Bonchev–Trinajstić information content (AvgIpc) is 3.34. The third-order valence-electron chi connectivity index (χ3n) is 6.45. The summed E-state index contributed by atoms with van der Waals surface area (Å²) in [5.74, 6) is 2.59. The van der Waals surface area contributed by atoms with Crippen LogP contribution in [0.15, 0.2) is 67.1 Å². The third kappa shape index (κ3) is 6.07. The predicted molar refractivity (Wildman–Crippen MR) is 148 cm³/mol. The molecule has 5 rings (SSSR count). The van der Waals surface area contributed by atoms with Gasteiger partial charge in [-0.3, -0.25) is 0 Å². The Balaban J connectivity index is 1.29. The van der Waals surface area contributed by atoms with Gasteiger partial charge in [-0.15, -0.1) is 0 Å². The fraction of sp³-hybridized carbons (Fsp3) is 0.345. The summed E-state index contributed by atoms with van der Waals surface area (Å²) in [5.41, 5.74) is 3.32. The van der Waals surface area contributed by atoms with Crippen molar-refractivity contribution in [1.29, 1.82) is 5.26 Å². The number of fused-ring (bicyclic) bond motifs is 1. The third-order valence-corrected chi connectivity index (χ3v) is 7.90. The van der Waals surface area contributed by atoms with Crippen LogP contribution in [0.1, 0.15) is 37.8 Å². The number of aliphatic hydroxyl groups is 1. The molecule has 1 N–H and O–H groups in total. The number of ether oxygens (including phenoxy) is 1. The molecule has 0 amide bonds. The Bertz CT molecular complexity index is 1380. The molecule has 4 heterocycles. The molecular formula is C29H31N5O2S. The lowest BCUT2D eigenvalue weighted by Gasteiger charge is -2.32. The number of benzene rings is 1. The number of nitrogens with zero attached hydrogens (tertiary/aromatic N) is 5. The summed E-state index contributed by atoms with van der Waals surface area (Å²) < 4.78 is 7.49. The average molecular weight is 514 g/mol. The van der Waals surface area contributed by atoms with Gasteiger partial charge in [0.25, 0.3) is 0 Å². The second-order valence-corrected chi connectivity index (χ2v) is 11.3. The highest BCUT2D eigenvalue weighted by molar-refractivity contribution is 7.99. The number of aromatic nitrogens is 3. The predicted octanol–water partition coefficient (Wildman–Crippen LogP) is 5.32. The van der Waals surface area contributed by atoms with E-state index in [1.807, 2.05) is 18.3 Å². The number of hydrogen-bond donors (Lipinski definition) is 1. The smallest absolute Gasteiger partial charge is 0.138 e. The molecule has 1 saturated heterocycles. The van der Waals surface area contributed by atoms with Crippen LogP contribution < -0.4 is 9.64 Å². The Morgan fingerprint density at radius 1 is 1.14 bits per heavy atom. The number of nitriles is 1. The molecule has 0 aliphatic carbocycles. The minimum atomic E-state index is -0.965. The Hall–Kier alpha value is -3.54. The lowest BCUT2D eigenvalue weighted by atomic mass is 10.0. The zero-order valence-electron chi connectivity index (χ0n) is 21.2. The summed E-state index contributed by atoms with van der Waals surface area (Å²) in [5, 5.41) is 24.7. The normalized spacial score (nSPS) is 14.6. The van der Waals surface area contributed by atoms with Crippen molar-refractivity contribution in [2.45, 2.75) is 43.3 Å². The molecule has 0 bridgehead atoms. The van der Waals surface area contributed by atoms with Gasteiger partial charge in [0.2, 0.25) is 0 Å². The molecule has 1 fully saturated rings. The summed E-state index contributed by atoms with van der Waals surface area (Å²) in [6.45, 7) is 5.51. The quantitative estimate of drug-likeness (QED) is 0.341. The first-order valence-electron chi connectivity index (χ1n) is 12.5. The zero-order valence-corrected chi connectivity index (χ0v) is 22.0. The summed E-state index contributed by atoms with van der Waals surface area (Å²) in [4.78, 5) is 7.13. The molecule has 0 radical (unpaired) electrons. The van der Waals surface area contributed by atoms with Gasteiger partial charge >= 0.3 is 0 Å². The minimum Gasteiger partial charge on any atom is -0.489 e. The van der Waals surface area contributed by atoms with E-state index in [2.05, 4.69) is 64.2 Å². The van der Waals surface area contributed by atoms with Crippen molar-refractivity contribution in [2.75, 3.05) is 24.6 Å². The van der Waals surface area contributed by atoms with Gasteiger partial charge in [0, 0.05) is 41.4 Å². The van der Waals surface area contributed by atoms with Crippen molar-refractivity contribution in [1.82, 2.24) is 14.6 Å². The van der Waals surface area contributed by atoms with E-state index in [1.165, 1.54) is 5.56 Å². The first kappa shape index (κ1) is 25.1. The Kier molecular flexibility index (Phi) is 7.36. The van der Waals surface area contributed by atoms with Crippen LogP contribution in [-0.2, 0) is 5.75 Å². The lowest BCUT2D eigenvalue weighted by molar-refractivity contribution is 0.0283. The molecule has 1 aromatic carbocycles.